The third-order valence-electron chi connectivity index (χ3n) is 6.73. The number of anilines is 2. The highest BCUT2D eigenvalue weighted by Crippen LogP contribution is 2.35. The first-order valence-corrected chi connectivity index (χ1v) is 13.1. The van der Waals surface area contributed by atoms with Crippen LogP contribution in [0.15, 0.2) is 41.3 Å². The molecule has 9 nitrogen and oxygen atoms in total. The Morgan fingerprint density at radius 3 is 2.37 bits per heavy atom. The number of carbonyl (C=O) groups excluding carboxylic acids is 2. The summed E-state index contributed by atoms with van der Waals surface area (Å²) in [5.74, 6) is 0.566. The van der Waals surface area contributed by atoms with Crippen molar-refractivity contribution in [1.29, 1.82) is 0 Å². The van der Waals surface area contributed by atoms with Crippen molar-refractivity contribution >= 4 is 33.2 Å². The van der Waals surface area contributed by atoms with E-state index in [1.165, 1.54) is 18.3 Å². The van der Waals surface area contributed by atoms with E-state index in [-0.39, 0.29) is 41.8 Å². The Balaban J connectivity index is 1.43. The smallest absolute Gasteiger partial charge is 0.243 e. The fourth-order valence-corrected chi connectivity index (χ4v) is 6.42. The number of fused-ring (bicyclic) bond motifs is 1. The van der Waals surface area contributed by atoms with Gasteiger partial charge in [-0.1, -0.05) is 0 Å². The van der Waals surface area contributed by atoms with E-state index in [2.05, 4.69) is 5.32 Å². The van der Waals surface area contributed by atoms with Gasteiger partial charge < -0.3 is 19.7 Å². The minimum Gasteiger partial charge on any atom is -0.497 e. The first kappa shape index (κ1) is 25.0. The van der Waals surface area contributed by atoms with Crippen molar-refractivity contribution in [2.45, 2.75) is 44.0 Å². The summed E-state index contributed by atoms with van der Waals surface area (Å²) >= 11 is 0. The minimum absolute atomic E-state index is 0.00193. The third-order valence-corrected chi connectivity index (χ3v) is 8.63. The van der Waals surface area contributed by atoms with Crippen molar-refractivity contribution in [3.05, 3.63) is 42.0 Å². The predicted molar refractivity (Wildman–Crippen MR) is 132 cm³/mol. The van der Waals surface area contributed by atoms with Gasteiger partial charge in [-0.15, -0.1) is 0 Å². The van der Waals surface area contributed by atoms with Crippen LogP contribution in [-0.4, -0.2) is 57.9 Å². The number of carbonyl (C=O) groups is 2. The topological polar surface area (TPSA) is 105 Å². The van der Waals surface area contributed by atoms with Gasteiger partial charge in [0.15, 0.2) is 0 Å². The van der Waals surface area contributed by atoms with Crippen LogP contribution in [-0.2, 0) is 26.0 Å². The standard InChI is InChI=1S/C25H31N3O6S/c1-16-13-19-14-21(6-7-23(19)28(16)17(2)29)35(31,32)27-11-9-18(10-12-27)25(30)26-22-15-20(33-3)5-8-24(22)34-4/h5-8,14-16,18H,9-13H2,1-4H3,(H,26,30)/t16-/m0/s1. The van der Waals surface area contributed by atoms with Gasteiger partial charge in [0.05, 0.1) is 24.8 Å². The van der Waals surface area contributed by atoms with Gasteiger partial charge in [0.2, 0.25) is 21.8 Å². The number of rotatable bonds is 6. The van der Waals surface area contributed by atoms with Crippen molar-refractivity contribution in [3.8, 4) is 11.5 Å². The van der Waals surface area contributed by atoms with E-state index in [4.69, 9.17) is 9.47 Å². The largest absolute Gasteiger partial charge is 0.497 e. The van der Waals surface area contributed by atoms with E-state index in [0.29, 0.717) is 36.4 Å². The van der Waals surface area contributed by atoms with Gasteiger partial charge in [0.1, 0.15) is 11.5 Å². The number of sulfonamides is 1. The number of benzene rings is 2. The van der Waals surface area contributed by atoms with Crippen LogP contribution in [0.3, 0.4) is 0 Å². The molecule has 0 radical (unpaired) electrons. The Hall–Kier alpha value is -3.11. The molecule has 1 N–H and O–H groups in total. The molecule has 10 heteroatoms. The quantitative estimate of drug-likeness (QED) is 0.652. The summed E-state index contributed by atoms with van der Waals surface area (Å²) in [6, 6.07) is 10.1. The van der Waals surface area contributed by atoms with E-state index >= 15 is 0 Å². The Morgan fingerprint density at radius 1 is 1.03 bits per heavy atom. The van der Waals surface area contributed by atoms with E-state index in [9.17, 15) is 18.0 Å². The van der Waals surface area contributed by atoms with Gasteiger partial charge in [-0.3, -0.25) is 9.59 Å². The van der Waals surface area contributed by atoms with Crippen molar-refractivity contribution < 1.29 is 27.5 Å². The van der Waals surface area contributed by atoms with E-state index in [0.717, 1.165) is 11.3 Å². The van der Waals surface area contributed by atoms with Crippen LogP contribution in [0.2, 0.25) is 0 Å². The molecule has 2 aromatic carbocycles. The summed E-state index contributed by atoms with van der Waals surface area (Å²) in [6.45, 7) is 3.97. The molecule has 0 saturated carbocycles. The van der Waals surface area contributed by atoms with Crippen LogP contribution in [0.1, 0.15) is 32.3 Å². The molecule has 0 unspecified atom stereocenters. The molecule has 2 aliphatic rings. The van der Waals surface area contributed by atoms with Gasteiger partial charge in [-0.05, 0) is 62.1 Å². The van der Waals surface area contributed by atoms with Gasteiger partial charge in [0, 0.05) is 43.7 Å². The zero-order chi connectivity index (χ0) is 25.3. The number of hydrogen-bond acceptors (Lipinski definition) is 6. The second-order valence-electron chi connectivity index (χ2n) is 8.97. The Bertz CT molecular complexity index is 1240. The lowest BCUT2D eigenvalue weighted by atomic mass is 9.97. The molecule has 4 rings (SSSR count). The second-order valence-corrected chi connectivity index (χ2v) is 10.9. The third kappa shape index (κ3) is 4.85. The summed E-state index contributed by atoms with van der Waals surface area (Å²) in [5.41, 5.74) is 2.14. The second kappa shape index (κ2) is 9.87. The molecule has 2 aromatic rings. The van der Waals surface area contributed by atoms with E-state index in [1.54, 1.807) is 48.4 Å². The zero-order valence-electron chi connectivity index (χ0n) is 20.4. The number of methoxy groups -OCH3 is 2. The average Bonchev–Trinajstić information content (AvgIpc) is 3.19. The fraction of sp³-hybridized carbons (Fsp3) is 0.440. The molecule has 0 aromatic heterocycles. The van der Waals surface area contributed by atoms with Crippen LogP contribution in [0.25, 0.3) is 0 Å². The number of nitrogens with zero attached hydrogens (tertiary/aromatic N) is 2. The maximum absolute atomic E-state index is 13.3. The van der Waals surface area contributed by atoms with Crippen molar-refractivity contribution in [1.82, 2.24) is 4.31 Å². The Morgan fingerprint density at radius 2 is 1.74 bits per heavy atom. The highest BCUT2D eigenvalue weighted by Gasteiger charge is 2.35. The first-order chi connectivity index (χ1) is 16.6. The lowest BCUT2D eigenvalue weighted by molar-refractivity contribution is -0.121. The molecule has 1 saturated heterocycles. The van der Waals surface area contributed by atoms with Crippen molar-refractivity contribution in [3.63, 3.8) is 0 Å². The maximum atomic E-state index is 13.3. The molecule has 35 heavy (non-hydrogen) atoms. The molecule has 2 amide bonds. The molecule has 1 fully saturated rings. The normalized spacial score (nSPS) is 18.7. The zero-order valence-corrected chi connectivity index (χ0v) is 21.2. The van der Waals surface area contributed by atoms with Gasteiger partial charge >= 0.3 is 0 Å². The van der Waals surface area contributed by atoms with Crippen LogP contribution < -0.4 is 19.7 Å². The molecular formula is C25H31N3O6S. The van der Waals surface area contributed by atoms with Crippen LogP contribution in [0.4, 0.5) is 11.4 Å². The predicted octanol–water partition coefficient (Wildman–Crippen LogP) is 3.04. The van der Waals surface area contributed by atoms with Crippen LogP contribution in [0.5, 0.6) is 11.5 Å². The summed E-state index contributed by atoms with van der Waals surface area (Å²) < 4.78 is 38.6. The highest BCUT2D eigenvalue weighted by molar-refractivity contribution is 7.89. The first-order valence-electron chi connectivity index (χ1n) is 11.6. The van der Waals surface area contributed by atoms with Crippen LogP contribution in [0, 0.1) is 5.92 Å². The maximum Gasteiger partial charge on any atom is 0.243 e. The average molecular weight is 502 g/mol. The number of amides is 2. The Labute approximate surface area is 206 Å². The Kier molecular flexibility index (Phi) is 7.05. The molecule has 0 bridgehead atoms. The summed E-state index contributed by atoms with van der Waals surface area (Å²) in [6.07, 6.45) is 1.45. The number of ether oxygens (including phenoxy) is 2. The molecule has 188 valence electrons. The number of hydrogen-bond donors (Lipinski definition) is 1. The summed E-state index contributed by atoms with van der Waals surface area (Å²) in [4.78, 5) is 26.8. The lowest BCUT2D eigenvalue weighted by Gasteiger charge is -2.30. The molecule has 1 atom stereocenters. The highest BCUT2D eigenvalue weighted by atomic mass is 32.2. The van der Waals surface area contributed by atoms with Gasteiger partial charge in [-0.25, -0.2) is 8.42 Å². The van der Waals surface area contributed by atoms with Crippen molar-refractivity contribution in [2.75, 3.05) is 37.5 Å². The van der Waals surface area contributed by atoms with Gasteiger partial charge in [0.25, 0.3) is 0 Å². The molecule has 0 aliphatic carbocycles. The summed E-state index contributed by atoms with van der Waals surface area (Å²) in [5, 5.41) is 2.89. The van der Waals surface area contributed by atoms with E-state index < -0.39 is 10.0 Å². The van der Waals surface area contributed by atoms with E-state index in [1.807, 2.05) is 6.92 Å². The molecule has 2 aliphatic heterocycles. The van der Waals surface area contributed by atoms with Crippen molar-refractivity contribution in [2.24, 2.45) is 5.92 Å². The summed E-state index contributed by atoms with van der Waals surface area (Å²) in [7, 11) is -0.633. The van der Waals surface area contributed by atoms with Gasteiger partial charge in [-0.2, -0.15) is 4.31 Å². The monoisotopic (exact) mass is 501 g/mol. The fourth-order valence-electron chi connectivity index (χ4n) is 4.90. The number of nitrogens with one attached hydrogen (secondary N) is 1. The number of piperidine rings is 1. The molecule has 0 spiro atoms. The minimum atomic E-state index is -3.70. The van der Waals surface area contributed by atoms with Crippen LogP contribution >= 0.6 is 0 Å². The molecule has 2 heterocycles. The lowest BCUT2D eigenvalue weighted by Crippen LogP contribution is -2.41. The molecular weight excluding hydrogens is 470 g/mol. The SMILES string of the molecule is COc1ccc(OC)c(NC(=O)C2CCN(S(=O)(=O)c3ccc4c(c3)C[C@H](C)N4C(C)=O)CC2)c1.